The number of aliphatic hydroxyl groups excluding tert-OH is 1. The molecule has 0 aromatic rings. The number of unbranched alkanes of at least 4 members (excludes halogenated alkanes) is 1. The van der Waals surface area contributed by atoms with Gasteiger partial charge in [0.2, 0.25) is 0 Å². The Morgan fingerprint density at radius 3 is 2.55 bits per heavy atom. The maximum absolute atomic E-state index is 11.6. The number of aliphatic carboxylic acids is 1. The number of hydrogen-bond acceptors (Lipinski definition) is 5. The SMILES string of the molecule is CC/C=C/CCCC([O-])=NCN(CCCO)CCC(=O)O.[Na+]. The Balaban J connectivity index is 0. The van der Waals surface area contributed by atoms with Crippen molar-refractivity contribution in [1.29, 1.82) is 0 Å². The number of carbonyl (C=O) groups is 1. The topological polar surface area (TPSA) is 96.2 Å². The van der Waals surface area contributed by atoms with Crippen LogP contribution in [0.1, 0.15) is 45.4 Å². The molecule has 22 heavy (non-hydrogen) atoms. The molecule has 6 nitrogen and oxygen atoms in total. The molecule has 7 heteroatoms. The third kappa shape index (κ3) is 16.0. The Morgan fingerprint density at radius 1 is 1.23 bits per heavy atom. The number of rotatable bonds is 13. The average molecular weight is 322 g/mol. The molecule has 0 rings (SSSR count). The summed E-state index contributed by atoms with van der Waals surface area (Å²) in [6.45, 7) is 3.19. The van der Waals surface area contributed by atoms with Crippen LogP contribution in [0.25, 0.3) is 0 Å². The van der Waals surface area contributed by atoms with Crippen LogP contribution in [-0.2, 0) is 4.79 Å². The largest absolute Gasteiger partial charge is 1.00 e. The summed E-state index contributed by atoms with van der Waals surface area (Å²) < 4.78 is 0. The smallest absolute Gasteiger partial charge is 0.862 e. The summed E-state index contributed by atoms with van der Waals surface area (Å²) in [6.07, 6.45) is 7.77. The van der Waals surface area contributed by atoms with Crippen LogP contribution < -0.4 is 34.7 Å². The van der Waals surface area contributed by atoms with Gasteiger partial charge in [0.15, 0.2) is 0 Å². The monoisotopic (exact) mass is 322 g/mol. The van der Waals surface area contributed by atoms with Gasteiger partial charge in [-0.2, -0.15) is 0 Å². The predicted molar refractivity (Wildman–Crippen MR) is 81.1 cm³/mol. The molecule has 0 fully saturated rings. The molecule has 2 N–H and O–H groups in total. The van der Waals surface area contributed by atoms with E-state index in [1.54, 1.807) is 4.90 Å². The summed E-state index contributed by atoms with van der Waals surface area (Å²) in [7, 11) is 0. The minimum Gasteiger partial charge on any atom is -0.862 e. The fourth-order valence-electron chi connectivity index (χ4n) is 1.71. The Labute approximate surface area is 155 Å². The zero-order valence-electron chi connectivity index (χ0n) is 13.8. The van der Waals surface area contributed by atoms with E-state index in [9.17, 15) is 9.90 Å². The van der Waals surface area contributed by atoms with Gasteiger partial charge >= 0.3 is 35.5 Å². The van der Waals surface area contributed by atoms with Crippen LogP contribution >= 0.6 is 0 Å². The molecule has 0 aromatic heterocycles. The maximum atomic E-state index is 11.6. The minimum atomic E-state index is -0.877. The molecule has 0 amide bonds. The standard InChI is InChI=1S/C15H28N2O4.Na/c1-2-3-4-5-6-8-14(19)16-13-17(10-7-12-18)11-9-15(20)21;/h3-4,18H,2,5-13H2,1H3,(H,16,19)(H,20,21);/q;+1/p-1/b4-3+;. The van der Waals surface area contributed by atoms with Crippen molar-refractivity contribution in [3.05, 3.63) is 12.2 Å². The van der Waals surface area contributed by atoms with Crippen LogP contribution in [0.15, 0.2) is 17.1 Å². The third-order valence-corrected chi connectivity index (χ3v) is 2.89. The van der Waals surface area contributed by atoms with Crippen LogP contribution in [0.3, 0.4) is 0 Å². The Kier molecular flexibility index (Phi) is 18.4. The molecular weight excluding hydrogens is 295 g/mol. The van der Waals surface area contributed by atoms with E-state index in [-0.39, 0.29) is 55.2 Å². The van der Waals surface area contributed by atoms with E-state index in [1.165, 1.54) is 0 Å². The molecule has 0 aliphatic carbocycles. The van der Waals surface area contributed by atoms with Crippen LogP contribution in [-0.4, -0.2) is 53.3 Å². The molecule has 0 atom stereocenters. The van der Waals surface area contributed by atoms with E-state index in [1.807, 2.05) is 0 Å². The molecule has 0 unspecified atom stereocenters. The second kappa shape index (κ2) is 17.0. The van der Waals surface area contributed by atoms with Crippen molar-refractivity contribution in [2.24, 2.45) is 4.99 Å². The predicted octanol–water partition coefficient (Wildman–Crippen LogP) is -2.00. The molecule has 0 aliphatic rings. The van der Waals surface area contributed by atoms with Gasteiger partial charge in [0.1, 0.15) is 0 Å². The van der Waals surface area contributed by atoms with E-state index >= 15 is 0 Å². The van der Waals surface area contributed by atoms with Gasteiger partial charge < -0.3 is 15.3 Å². The molecule has 0 bridgehead atoms. The molecule has 0 saturated carbocycles. The van der Waals surface area contributed by atoms with Gasteiger partial charge in [0.05, 0.1) is 13.1 Å². The third-order valence-electron chi connectivity index (χ3n) is 2.89. The maximum Gasteiger partial charge on any atom is 1.00 e. The van der Waals surface area contributed by atoms with E-state index in [2.05, 4.69) is 24.1 Å². The number of nitrogens with zero attached hydrogens (tertiary/aromatic N) is 2. The number of carboxylic acid groups (broad SMARTS) is 1. The van der Waals surface area contributed by atoms with Crippen molar-refractivity contribution >= 4 is 11.9 Å². The minimum absolute atomic E-state index is 0. The average Bonchev–Trinajstić information content (AvgIpc) is 2.46. The van der Waals surface area contributed by atoms with Crippen LogP contribution in [0, 0.1) is 0 Å². The van der Waals surface area contributed by atoms with Crippen molar-refractivity contribution in [3.8, 4) is 0 Å². The first-order valence-corrected chi connectivity index (χ1v) is 7.50. The zero-order chi connectivity index (χ0) is 15.9. The van der Waals surface area contributed by atoms with Crippen LogP contribution in [0.2, 0.25) is 0 Å². The van der Waals surface area contributed by atoms with E-state index in [0.717, 1.165) is 19.3 Å². The van der Waals surface area contributed by atoms with Crippen LogP contribution in [0.4, 0.5) is 0 Å². The molecule has 0 spiro atoms. The summed E-state index contributed by atoms with van der Waals surface area (Å²) in [5.41, 5.74) is 0. The van der Waals surface area contributed by atoms with Gasteiger partial charge in [-0.1, -0.05) is 19.1 Å². The van der Waals surface area contributed by atoms with Gasteiger partial charge in [-0.05, 0) is 38.0 Å². The Bertz CT molecular complexity index is 336. The van der Waals surface area contributed by atoms with Crippen molar-refractivity contribution in [3.63, 3.8) is 0 Å². The quantitative estimate of drug-likeness (QED) is 0.134. The molecule has 0 saturated heterocycles. The second-order valence-electron chi connectivity index (χ2n) is 4.80. The first kappa shape index (κ1) is 23.9. The van der Waals surface area contributed by atoms with Gasteiger partial charge in [-0.25, -0.2) is 0 Å². The number of aliphatic hydroxyl groups is 1. The second-order valence-corrected chi connectivity index (χ2v) is 4.80. The Morgan fingerprint density at radius 2 is 1.95 bits per heavy atom. The number of allylic oxidation sites excluding steroid dienone is 2. The molecule has 0 heterocycles. The van der Waals surface area contributed by atoms with Gasteiger partial charge in [-0.3, -0.25) is 14.7 Å². The summed E-state index contributed by atoms with van der Waals surface area (Å²) in [5.74, 6) is -1.03. The zero-order valence-corrected chi connectivity index (χ0v) is 15.8. The number of aliphatic imine (C=N–C) groups is 1. The fourth-order valence-corrected chi connectivity index (χ4v) is 1.71. The summed E-state index contributed by atoms with van der Waals surface area (Å²) in [4.78, 5) is 16.3. The Hall–Kier alpha value is -0.400. The van der Waals surface area contributed by atoms with Crippen LogP contribution in [0.5, 0.6) is 0 Å². The van der Waals surface area contributed by atoms with Crippen molar-refractivity contribution in [1.82, 2.24) is 4.90 Å². The van der Waals surface area contributed by atoms with E-state index < -0.39 is 5.97 Å². The molecule has 122 valence electrons. The summed E-state index contributed by atoms with van der Waals surface area (Å²) >= 11 is 0. The van der Waals surface area contributed by atoms with Gasteiger partial charge in [0, 0.05) is 19.7 Å². The van der Waals surface area contributed by atoms with Crippen molar-refractivity contribution in [2.75, 3.05) is 26.4 Å². The molecule has 0 radical (unpaired) electrons. The molecular formula is C15H27N2NaO4. The van der Waals surface area contributed by atoms with E-state index in [4.69, 9.17) is 10.2 Å². The van der Waals surface area contributed by atoms with Crippen molar-refractivity contribution in [2.45, 2.75) is 45.4 Å². The first-order valence-electron chi connectivity index (χ1n) is 7.50. The normalized spacial score (nSPS) is 11.9. The summed E-state index contributed by atoms with van der Waals surface area (Å²) in [5, 5.41) is 29.1. The molecule has 0 aromatic carbocycles. The number of hydrogen-bond donors (Lipinski definition) is 2. The van der Waals surface area contributed by atoms with Gasteiger partial charge in [0.25, 0.3) is 0 Å². The summed E-state index contributed by atoms with van der Waals surface area (Å²) in [6, 6.07) is 0. The van der Waals surface area contributed by atoms with Gasteiger partial charge in [-0.15, -0.1) is 0 Å². The number of carboxylic acids is 1. The van der Waals surface area contributed by atoms with Crippen molar-refractivity contribution < 1.29 is 49.7 Å². The first-order chi connectivity index (χ1) is 10.1. The fraction of sp³-hybridized carbons (Fsp3) is 0.733. The van der Waals surface area contributed by atoms with E-state index in [0.29, 0.717) is 25.9 Å². The molecule has 0 aliphatic heterocycles.